The summed E-state index contributed by atoms with van der Waals surface area (Å²) in [5.74, 6) is -2.92. The topological polar surface area (TPSA) is 241 Å². The van der Waals surface area contributed by atoms with E-state index < -0.39 is 118 Å². The van der Waals surface area contributed by atoms with E-state index in [1.165, 1.54) is 14.0 Å². The summed E-state index contributed by atoms with van der Waals surface area (Å²) >= 11 is 0. The molecular formula is C37H69N3O14S. The molecule has 0 amide bonds. The van der Waals surface area contributed by atoms with E-state index in [1.54, 1.807) is 48.7 Å². The number of cyclic esters (lactones) is 1. The molecule has 0 radical (unpaired) electrons. The average molecular weight is 812 g/mol. The number of rotatable bonds is 8. The van der Waals surface area contributed by atoms with Crippen molar-refractivity contribution in [2.75, 3.05) is 27.3 Å². The van der Waals surface area contributed by atoms with E-state index in [-0.39, 0.29) is 31.6 Å². The summed E-state index contributed by atoms with van der Waals surface area (Å²) in [5.41, 5.74) is -5.02. The molecule has 55 heavy (non-hydrogen) atoms. The second-order valence-electron chi connectivity index (χ2n) is 17.4. The first-order valence-corrected chi connectivity index (χ1v) is 21.1. The Hall–Kier alpha value is -1.10. The van der Waals surface area contributed by atoms with E-state index in [0.29, 0.717) is 13.2 Å². The van der Waals surface area contributed by atoms with Crippen molar-refractivity contribution in [2.24, 2.45) is 22.9 Å². The molecule has 4 fully saturated rings. The zero-order chi connectivity index (χ0) is 41.6. The molecule has 1 spiro atoms. The smallest absolute Gasteiger partial charge is 0.311 e. The van der Waals surface area contributed by atoms with Crippen molar-refractivity contribution >= 4 is 16.2 Å². The second-order valence-corrected chi connectivity index (χ2v) is 19.0. The fourth-order valence-corrected chi connectivity index (χ4v) is 9.65. The van der Waals surface area contributed by atoms with Crippen molar-refractivity contribution in [1.29, 1.82) is 0 Å². The van der Waals surface area contributed by atoms with Crippen molar-refractivity contribution in [3.8, 4) is 0 Å². The van der Waals surface area contributed by atoms with Gasteiger partial charge in [0.1, 0.15) is 35.1 Å². The van der Waals surface area contributed by atoms with Crippen LogP contribution in [0.4, 0.5) is 0 Å². The molecule has 0 aromatic rings. The number of ether oxygens (including phenoxy) is 7. The second kappa shape index (κ2) is 17.2. The van der Waals surface area contributed by atoms with Gasteiger partial charge in [-0.25, -0.2) is 5.14 Å². The highest BCUT2D eigenvalue weighted by Crippen LogP contribution is 2.51. The maximum absolute atomic E-state index is 14.2. The Morgan fingerprint density at radius 3 is 2.18 bits per heavy atom. The van der Waals surface area contributed by atoms with Gasteiger partial charge in [-0.15, -0.1) is 0 Å². The molecule has 7 N–H and O–H groups in total. The number of methoxy groups -OCH3 is 1. The summed E-state index contributed by atoms with van der Waals surface area (Å²) in [6.07, 6.45) is -9.01. The van der Waals surface area contributed by atoms with Gasteiger partial charge in [-0.1, -0.05) is 20.8 Å². The summed E-state index contributed by atoms with van der Waals surface area (Å²) < 4.78 is 69.3. The van der Waals surface area contributed by atoms with Crippen LogP contribution in [0.1, 0.15) is 94.9 Å². The molecular weight excluding hydrogens is 742 g/mol. The maximum Gasteiger partial charge on any atom is 0.311 e. The number of nitrogens with two attached hydrogens (primary N) is 1. The van der Waals surface area contributed by atoms with Gasteiger partial charge in [-0.3, -0.25) is 4.79 Å². The SMILES string of the molecule is CC[C@H]1OC(=O)[C@H](C)[C@@H](O[C@H]2C[C@@](C)(OC)[C@]3(CO3)[C@H](C)O2)[C@H](C)[C@@H](O[C@@H]2O[C@H](C)C[C@H](N(C)S(N)(=O)=O)[C@H]2O)[C@](C)(O)C[C@@H](C)CN[C@H](C)[C@@H](O)[C@]1(C)O. The predicted octanol–water partition coefficient (Wildman–Crippen LogP) is 0.540. The van der Waals surface area contributed by atoms with E-state index in [9.17, 15) is 33.6 Å². The average Bonchev–Trinajstić information content (AvgIpc) is 3.91. The Labute approximate surface area is 327 Å². The molecule has 17 nitrogen and oxygen atoms in total. The Bertz CT molecular complexity index is 1420. The lowest BCUT2D eigenvalue weighted by Crippen LogP contribution is -2.62. The third-order valence-electron chi connectivity index (χ3n) is 12.8. The van der Waals surface area contributed by atoms with Crippen LogP contribution in [0, 0.1) is 17.8 Å². The number of aliphatic hydroxyl groups is 4. The largest absolute Gasteiger partial charge is 0.459 e. The van der Waals surface area contributed by atoms with Crippen LogP contribution in [0.15, 0.2) is 0 Å². The van der Waals surface area contributed by atoms with Crippen molar-refractivity contribution in [3.63, 3.8) is 0 Å². The zero-order valence-corrected chi connectivity index (χ0v) is 35.4. The Balaban J connectivity index is 1.81. The molecule has 322 valence electrons. The Kier molecular flexibility index (Phi) is 14.6. The number of nitrogens with zero attached hydrogens (tertiary/aromatic N) is 1. The van der Waals surface area contributed by atoms with Crippen LogP contribution < -0.4 is 10.5 Å². The quantitative estimate of drug-likeness (QED) is 0.145. The van der Waals surface area contributed by atoms with Crippen molar-refractivity contribution in [2.45, 2.75) is 185 Å². The number of esters is 1. The molecule has 0 aliphatic carbocycles. The van der Waals surface area contributed by atoms with Gasteiger partial charge >= 0.3 is 5.97 Å². The van der Waals surface area contributed by atoms with Gasteiger partial charge in [0.25, 0.3) is 10.2 Å². The lowest BCUT2D eigenvalue weighted by Gasteiger charge is -2.49. The molecule has 18 atom stereocenters. The van der Waals surface area contributed by atoms with Crippen molar-refractivity contribution in [1.82, 2.24) is 9.62 Å². The van der Waals surface area contributed by atoms with Crippen LogP contribution in [0.2, 0.25) is 0 Å². The van der Waals surface area contributed by atoms with Gasteiger partial charge in [-0.2, -0.15) is 12.7 Å². The van der Waals surface area contributed by atoms with E-state index in [2.05, 4.69) is 5.32 Å². The molecule has 4 aliphatic rings. The number of hydrogen-bond donors (Lipinski definition) is 6. The summed E-state index contributed by atoms with van der Waals surface area (Å²) in [5, 5.41) is 55.7. The molecule has 0 aromatic carbocycles. The minimum absolute atomic E-state index is 0.120. The first kappa shape index (κ1) is 46.6. The summed E-state index contributed by atoms with van der Waals surface area (Å²) in [6, 6.07) is -1.65. The van der Waals surface area contributed by atoms with Crippen LogP contribution >= 0.6 is 0 Å². The van der Waals surface area contributed by atoms with Crippen LogP contribution in [0.25, 0.3) is 0 Å². The molecule has 4 saturated heterocycles. The molecule has 4 heterocycles. The first-order valence-electron chi connectivity index (χ1n) is 19.6. The summed E-state index contributed by atoms with van der Waals surface area (Å²) in [7, 11) is -1.35. The lowest BCUT2D eigenvalue weighted by atomic mass is 9.77. The van der Waals surface area contributed by atoms with Crippen LogP contribution in [0.3, 0.4) is 0 Å². The van der Waals surface area contributed by atoms with E-state index in [4.69, 9.17) is 38.3 Å². The predicted molar refractivity (Wildman–Crippen MR) is 199 cm³/mol. The normalized spacial score (nSPS) is 49.6. The molecule has 0 aromatic heterocycles. The first-order chi connectivity index (χ1) is 25.3. The fourth-order valence-electron chi connectivity index (χ4n) is 9.06. The van der Waals surface area contributed by atoms with Gasteiger partial charge in [0.05, 0.1) is 48.6 Å². The van der Waals surface area contributed by atoms with Crippen LogP contribution in [-0.4, -0.2) is 156 Å². The Morgan fingerprint density at radius 1 is 1.02 bits per heavy atom. The zero-order valence-electron chi connectivity index (χ0n) is 34.6. The Morgan fingerprint density at radius 2 is 1.64 bits per heavy atom. The number of aliphatic hydroxyl groups excluding tert-OH is 2. The highest BCUT2D eigenvalue weighted by atomic mass is 32.2. The number of carbonyl (C=O) groups is 1. The van der Waals surface area contributed by atoms with E-state index in [0.717, 1.165) is 4.31 Å². The fraction of sp³-hybridized carbons (Fsp3) is 0.973. The third kappa shape index (κ3) is 9.69. The number of nitrogens with one attached hydrogen (secondary N) is 1. The van der Waals surface area contributed by atoms with Crippen LogP contribution in [0.5, 0.6) is 0 Å². The van der Waals surface area contributed by atoms with Crippen LogP contribution in [-0.2, 0) is 48.2 Å². The van der Waals surface area contributed by atoms with Gasteiger partial charge in [-0.05, 0) is 80.2 Å². The van der Waals surface area contributed by atoms with E-state index in [1.807, 2.05) is 20.8 Å². The number of carbonyl (C=O) groups excluding carboxylic acids is 1. The van der Waals surface area contributed by atoms with E-state index >= 15 is 0 Å². The summed E-state index contributed by atoms with van der Waals surface area (Å²) in [4.78, 5) is 14.2. The minimum atomic E-state index is -4.21. The highest BCUT2D eigenvalue weighted by Gasteiger charge is 2.67. The van der Waals surface area contributed by atoms with Gasteiger partial charge in [0.15, 0.2) is 12.6 Å². The van der Waals surface area contributed by atoms with Gasteiger partial charge < -0.3 is 58.9 Å². The van der Waals surface area contributed by atoms with Gasteiger partial charge in [0, 0.05) is 32.5 Å². The monoisotopic (exact) mass is 811 g/mol. The van der Waals surface area contributed by atoms with Gasteiger partial charge in [0.2, 0.25) is 0 Å². The maximum atomic E-state index is 14.2. The highest BCUT2D eigenvalue weighted by molar-refractivity contribution is 7.86. The third-order valence-corrected chi connectivity index (χ3v) is 13.9. The number of epoxide rings is 1. The molecule has 18 heteroatoms. The summed E-state index contributed by atoms with van der Waals surface area (Å²) in [6.45, 7) is 18.0. The number of likely N-dealkylation sites (N-methyl/N-ethyl adjacent to an activating group) is 1. The molecule has 4 rings (SSSR count). The molecule has 0 saturated carbocycles. The minimum Gasteiger partial charge on any atom is -0.459 e. The number of hydrogen-bond acceptors (Lipinski definition) is 15. The standard InChI is InChI=1S/C37H69N3O14S/c1-13-26-36(10,45)30(42)23(6)39-17-19(2)15-34(8,44)31(54-33-28(41)25(14-20(3)50-33)40(11)55(38,46)47)21(4)29(22(5)32(43)52-26)53-27-16-35(9,48-12)37(18-49-37)24(7)51-27/h19-31,33,39,41-42,44-45H,13-18H2,1-12H3,(H2,38,46,47)/t19-,20-,21+,22-,23-,24+,25+,26-,27+,28-,29+,30-,31-,33+,34-,35-,36-,37+/m1/s1. The molecule has 0 unspecified atom stereocenters. The molecule has 4 aliphatic heterocycles. The van der Waals surface area contributed by atoms with Crippen molar-refractivity contribution < 1.29 is 66.8 Å². The molecule has 0 bridgehead atoms. The lowest BCUT2D eigenvalue weighted by molar-refractivity contribution is -0.314. The van der Waals surface area contributed by atoms with Crippen molar-refractivity contribution in [3.05, 3.63) is 0 Å².